The van der Waals surface area contributed by atoms with E-state index in [2.05, 4.69) is 48.3 Å². The molecule has 1 unspecified atom stereocenters. The molecule has 1 N–H and O–H groups in total. The first-order chi connectivity index (χ1) is 18.0. The maximum absolute atomic E-state index is 13.4. The van der Waals surface area contributed by atoms with Crippen molar-refractivity contribution >= 4 is 11.7 Å². The molecule has 1 heterocycles. The van der Waals surface area contributed by atoms with Crippen LogP contribution in [0.1, 0.15) is 81.9 Å². The van der Waals surface area contributed by atoms with E-state index in [1.54, 1.807) is 0 Å². The minimum Gasteiger partial charge on any atom is -0.489 e. The standard InChI is InChI=1S/C32H44N2O3/c1-24(2)19-30(33-32(36)17-14-25-9-6-7-10-25)31(35)22-34-18-8-13-27-20-29(16-15-28(27)21-34)37-23-26-11-4-3-5-12-26/h3-5,11-12,15-16,20,24-25,30H,6-10,13-14,17-19,21-23H2,1-2H3,(H,33,36). The summed E-state index contributed by atoms with van der Waals surface area (Å²) in [5.41, 5.74) is 3.72. The third-order valence-corrected chi connectivity index (χ3v) is 7.81. The molecular weight excluding hydrogens is 460 g/mol. The summed E-state index contributed by atoms with van der Waals surface area (Å²) in [5.74, 6) is 2.10. The molecule has 2 aromatic rings. The molecule has 1 aliphatic carbocycles. The van der Waals surface area contributed by atoms with Crippen LogP contribution in [0.4, 0.5) is 0 Å². The molecule has 1 aliphatic heterocycles. The quantitative estimate of drug-likeness (QED) is 0.380. The average molecular weight is 505 g/mol. The van der Waals surface area contributed by atoms with Crippen LogP contribution in [0.25, 0.3) is 0 Å². The van der Waals surface area contributed by atoms with Gasteiger partial charge in [0.2, 0.25) is 5.91 Å². The number of nitrogens with zero attached hydrogens (tertiary/aromatic N) is 1. The first-order valence-electron chi connectivity index (χ1n) is 14.3. The van der Waals surface area contributed by atoms with Crippen molar-refractivity contribution in [1.29, 1.82) is 0 Å². The number of aryl methyl sites for hydroxylation is 1. The molecule has 1 saturated carbocycles. The van der Waals surface area contributed by atoms with Crippen molar-refractivity contribution in [2.45, 2.75) is 90.8 Å². The molecule has 37 heavy (non-hydrogen) atoms. The van der Waals surface area contributed by atoms with Crippen LogP contribution in [-0.2, 0) is 29.2 Å². The van der Waals surface area contributed by atoms with Gasteiger partial charge in [0.25, 0.3) is 0 Å². The molecule has 0 spiro atoms. The minimum absolute atomic E-state index is 0.0372. The lowest BCUT2D eigenvalue weighted by Gasteiger charge is -2.25. The maximum atomic E-state index is 13.4. The number of ether oxygens (including phenoxy) is 1. The summed E-state index contributed by atoms with van der Waals surface area (Å²) in [5, 5.41) is 3.10. The number of hydrogen-bond donors (Lipinski definition) is 1. The number of fused-ring (bicyclic) bond motifs is 1. The Morgan fingerprint density at radius 2 is 1.81 bits per heavy atom. The number of amides is 1. The summed E-state index contributed by atoms with van der Waals surface area (Å²) >= 11 is 0. The van der Waals surface area contributed by atoms with E-state index in [0.717, 1.165) is 43.7 Å². The number of rotatable bonds is 12. The first kappa shape index (κ1) is 27.4. The van der Waals surface area contributed by atoms with E-state index >= 15 is 0 Å². The number of carbonyl (C=O) groups excluding carboxylic acids is 2. The molecular formula is C32H44N2O3. The number of ketones is 1. The summed E-state index contributed by atoms with van der Waals surface area (Å²) in [6.45, 7) is 6.81. The zero-order valence-electron chi connectivity index (χ0n) is 22.7. The number of nitrogens with one attached hydrogen (secondary N) is 1. The Hall–Kier alpha value is -2.66. The topological polar surface area (TPSA) is 58.6 Å². The van der Waals surface area contributed by atoms with Gasteiger partial charge in [0.1, 0.15) is 12.4 Å². The maximum Gasteiger partial charge on any atom is 0.220 e. The predicted molar refractivity (Wildman–Crippen MR) is 148 cm³/mol. The number of benzene rings is 2. The van der Waals surface area contributed by atoms with Crippen LogP contribution in [0.5, 0.6) is 5.75 Å². The molecule has 200 valence electrons. The van der Waals surface area contributed by atoms with Crippen LogP contribution in [0, 0.1) is 11.8 Å². The fraction of sp³-hybridized carbons (Fsp3) is 0.562. The van der Waals surface area contributed by atoms with Gasteiger partial charge in [-0.05, 0) is 72.9 Å². The second-order valence-electron chi connectivity index (χ2n) is 11.4. The lowest BCUT2D eigenvalue weighted by molar-refractivity contribution is -0.129. The largest absolute Gasteiger partial charge is 0.489 e. The smallest absolute Gasteiger partial charge is 0.220 e. The highest BCUT2D eigenvalue weighted by Crippen LogP contribution is 2.28. The third-order valence-electron chi connectivity index (χ3n) is 7.81. The molecule has 5 heteroatoms. The summed E-state index contributed by atoms with van der Waals surface area (Å²) in [6, 6.07) is 16.2. The molecule has 1 atom stereocenters. The van der Waals surface area contributed by atoms with Gasteiger partial charge >= 0.3 is 0 Å². The highest BCUT2D eigenvalue weighted by atomic mass is 16.5. The molecule has 2 aromatic carbocycles. The summed E-state index contributed by atoms with van der Waals surface area (Å²) < 4.78 is 6.04. The van der Waals surface area contributed by atoms with Crippen molar-refractivity contribution in [3.63, 3.8) is 0 Å². The second-order valence-corrected chi connectivity index (χ2v) is 11.4. The van der Waals surface area contributed by atoms with Gasteiger partial charge in [0.15, 0.2) is 5.78 Å². The van der Waals surface area contributed by atoms with Gasteiger partial charge in [-0.3, -0.25) is 14.5 Å². The van der Waals surface area contributed by atoms with E-state index in [1.807, 2.05) is 24.3 Å². The molecule has 0 saturated heterocycles. The SMILES string of the molecule is CC(C)CC(NC(=O)CCC1CCCC1)C(=O)CN1CCCc2cc(OCc3ccccc3)ccc2C1. The van der Waals surface area contributed by atoms with Crippen LogP contribution < -0.4 is 10.1 Å². The van der Waals surface area contributed by atoms with Crippen LogP contribution in [-0.4, -0.2) is 35.7 Å². The number of carbonyl (C=O) groups is 2. The van der Waals surface area contributed by atoms with Gasteiger partial charge < -0.3 is 10.1 Å². The minimum atomic E-state index is -0.396. The molecule has 1 fully saturated rings. The highest BCUT2D eigenvalue weighted by Gasteiger charge is 2.26. The third kappa shape index (κ3) is 8.70. The average Bonchev–Trinajstić information content (AvgIpc) is 3.33. The van der Waals surface area contributed by atoms with Crippen molar-refractivity contribution in [1.82, 2.24) is 10.2 Å². The Balaban J connectivity index is 1.31. The zero-order chi connectivity index (χ0) is 26.0. The molecule has 5 nitrogen and oxygen atoms in total. The molecule has 0 radical (unpaired) electrons. The van der Waals surface area contributed by atoms with Gasteiger partial charge in [-0.1, -0.05) is 75.9 Å². The molecule has 4 rings (SSSR count). The molecule has 2 aliphatic rings. The van der Waals surface area contributed by atoms with E-state index in [9.17, 15) is 9.59 Å². The van der Waals surface area contributed by atoms with Crippen molar-refractivity contribution in [2.24, 2.45) is 11.8 Å². The van der Waals surface area contributed by atoms with E-state index < -0.39 is 6.04 Å². The summed E-state index contributed by atoms with van der Waals surface area (Å²) in [4.78, 5) is 28.3. The molecule has 0 bridgehead atoms. The van der Waals surface area contributed by atoms with Gasteiger partial charge in [0.05, 0.1) is 12.6 Å². The number of hydrogen-bond acceptors (Lipinski definition) is 4. The lowest BCUT2D eigenvalue weighted by atomic mass is 9.98. The monoisotopic (exact) mass is 504 g/mol. The van der Waals surface area contributed by atoms with E-state index in [1.165, 1.54) is 36.8 Å². The van der Waals surface area contributed by atoms with Crippen molar-refractivity contribution in [3.05, 3.63) is 65.2 Å². The molecule has 0 aromatic heterocycles. The normalized spacial score (nSPS) is 17.3. The van der Waals surface area contributed by atoms with Gasteiger partial charge in [-0.15, -0.1) is 0 Å². The summed E-state index contributed by atoms with van der Waals surface area (Å²) in [6.07, 6.45) is 9.26. The Morgan fingerprint density at radius 1 is 1.03 bits per heavy atom. The van der Waals surface area contributed by atoms with E-state index in [4.69, 9.17) is 4.74 Å². The number of Topliss-reactive ketones (excluding diaryl/α,β-unsaturated/α-hetero) is 1. The van der Waals surface area contributed by atoms with Crippen LogP contribution in [0.2, 0.25) is 0 Å². The summed E-state index contributed by atoms with van der Waals surface area (Å²) in [7, 11) is 0. The van der Waals surface area contributed by atoms with Crippen LogP contribution >= 0.6 is 0 Å². The Morgan fingerprint density at radius 3 is 2.57 bits per heavy atom. The van der Waals surface area contributed by atoms with E-state index in [0.29, 0.717) is 37.8 Å². The van der Waals surface area contributed by atoms with Crippen molar-refractivity contribution < 1.29 is 14.3 Å². The van der Waals surface area contributed by atoms with Gasteiger partial charge in [-0.25, -0.2) is 0 Å². The van der Waals surface area contributed by atoms with Crippen LogP contribution in [0.15, 0.2) is 48.5 Å². The van der Waals surface area contributed by atoms with Gasteiger partial charge in [0, 0.05) is 13.0 Å². The Bertz CT molecular complexity index is 1010. The van der Waals surface area contributed by atoms with E-state index in [-0.39, 0.29) is 11.7 Å². The Labute approximate surface area is 223 Å². The lowest BCUT2D eigenvalue weighted by Crippen LogP contribution is -2.46. The van der Waals surface area contributed by atoms with Crippen molar-refractivity contribution in [3.8, 4) is 5.75 Å². The second kappa shape index (κ2) is 13.8. The predicted octanol–water partition coefficient (Wildman–Crippen LogP) is 6.08. The fourth-order valence-electron chi connectivity index (χ4n) is 5.74. The first-order valence-corrected chi connectivity index (χ1v) is 14.3. The molecule has 1 amide bonds. The van der Waals surface area contributed by atoms with Crippen molar-refractivity contribution in [2.75, 3.05) is 13.1 Å². The van der Waals surface area contributed by atoms with Crippen LogP contribution in [0.3, 0.4) is 0 Å². The Kier molecular flexibility index (Phi) is 10.2. The highest BCUT2D eigenvalue weighted by molar-refractivity contribution is 5.90. The van der Waals surface area contributed by atoms with Gasteiger partial charge in [-0.2, -0.15) is 0 Å². The fourth-order valence-corrected chi connectivity index (χ4v) is 5.74. The zero-order valence-corrected chi connectivity index (χ0v) is 22.7.